The summed E-state index contributed by atoms with van der Waals surface area (Å²) in [6.45, 7) is 3.86. The average Bonchev–Trinajstić information content (AvgIpc) is 2.53. The molecule has 0 atom stereocenters. The van der Waals surface area contributed by atoms with Crippen LogP contribution >= 0.6 is 0 Å². The second kappa shape index (κ2) is 7.35. The number of allylic oxidation sites excluding steroid dienone is 1. The maximum atomic E-state index is 12.1. The van der Waals surface area contributed by atoms with Gasteiger partial charge in [-0.25, -0.2) is 0 Å². The van der Waals surface area contributed by atoms with Crippen molar-refractivity contribution in [1.82, 2.24) is 0 Å². The number of non-ortho nitro benzene ring substituents is 1. The molecule has 0 heterocycles. The van der Waals surface area contributed by atoms with Crippen LogP contribution in [0.25, 0.3) is 6.08 Å². The van der Waals surface area contributed by atoms with Crippen LogP contribution in [0.15, 0.2) is 54.6 Å². The quantitative estimate of drug-likeness (QED) is 0.345. The second-order valence-corrected chi connectivity index (χ2v) is 5.24. The molecule has 0 aliphatic heterocycles. The normalized spacial score (nSPS) is 10.9. The van der Waals surface area contributed by atoms with Crippen molar-refractivity contribution in [2.75, 3.05) is 0 Å². The van der Waals surface area contributed by atoms with Gasteiger partial charge >= 0.3 is 0 Å². The van der Waals surface area contributed by atoms with Gasteiger partial charge in [0.05, 0.1) is 11.0 Å². The van der Waals surface area contributed by atoms with E-state index in [1.54, 1.807) is 42.5 Å². The zero-order chi connectivity index (χ0) is 16.8. The van der Waals surface area contributed by atoms with E-state index in [2.05, 4.69) is 0 Å². The third-order valence-electron chi connectivity index (χ3n) is 3.02. The van der Waals surface area contributed by atoms with Gasteiger partial charge in [-0.05, 0) is 49.8 Å². The molecule has 0 spiro atoms. The average molecular weight is 311 g/mol. The fourth-order valence-corrected chi connectivity index (χ4v) is 1.98. The lowest BCUT2D eigenvalue weighted by molar-refractivity contribution is -0.384. The van der Waals surface area contributed by atoms with E-state index in [4.69, 9.17) is 4.74 Å². The van der Waals surface area contributed by atoms with Crippen LogP contribution in [-0.4, -0.2) is 16.8 Å². The van der Waals surface area contributed by atoms with Gasteiger partial charge in [-0.1, -0.05) is 18.2 Å². The van der Waals surface area contributed by atoms with Gasteiger partial charge in [0, 0.05) is 17.7 Å². The fourth-order valence-electron chi connectivity index (χ4n) is 1.98. The molecule has 0 amide bonds. The molecule has 0 radical (unpaired) electrons. The molecule has 0 N–H and O–H groups in total. The number of carbonyl (C=O) groups is 1. The number of nitrogens with zero attached hydrogens (tertiary/aromatic N) is 1. The summed E-state index contributed by atoms with van der Waals surface area (Å²) >= 11 is 0. The number of carbonyl (C=O) groups excluding carboxylic acids is 1. The summed E-state index contributed by atoms with van der Waals surface area (Å²) in [5.74, 6) is 0.534. The molecule has 23 heavy (non-hydrogen) atoms. The minimum Gasteiger partial charge on any atom is -0.491 e. The first-order valence-corrected chi connectivity index (χ1v) is 7.19. The van der Waals surface area contributed by atoms with E-state index in [9.17, 15) is 14.9 Å². The van der Waals surface area contributed by atoms with E-state index in [1.165, 1.54) is 18.2 Å². The smallest absolute Gasteiger partial charge is 0.270 e. The number of nitro groups is 1. The molecular formula is C18H17NO4. The summed E-state index contributed by atoms with van der Waals surface area (Å²) < 4.78 is 5.52. The second-order valence-electron chi connectivity index (χ2n) is 5.24. The van der Waals surface area contributed by atoms with Gasteiger partial charge in [-0.15, -0.1) is 0 Å². The Balaban J connectivity index is 2.09. The van der Waals surface area contributed by atoms with E-state index in [1.807, 2.05) is 13.8 Å². The highest BCUT2D eigenvalue weighted by molar-refractivity contribution is 6.06. The Morgan fingerprint density at radius 2 is 1.87 bits per heavy atom. The Bertz CT molecular complexity index is 733. The van der Waals surface area contributed by atoms with Crippen molar-refractivity contribution >= 4 is 17.5 Å². The summed E-state index contributed by atoms with van der Waals surface area (Å²) in [6.07, 6.45) is 3.04. The van der Waals surface area contributed by atoms with Crippen molar-refractivity contribution < 1.29 is 14.5 Å². The number of ether oxygens (including phenoxy) is 1. The molecule has 2 rings (SSSR count). The summed E-state index contributed by atoms with van der Waals surface area (Å²) in [5, 5.41) is 10.7. The van der Waals surface area contributed by atoms with Crippen LogP contribution in [-0.2, 0) is 0 Å². The standard InChI is InChI=1S/C18H17NO4/c1-13(2)23-17-9-7-15(8-10-17)18(20)11-6-14-4-3-5-16(12-14)19(21)22/h3-13H,1-2H3/b11-6+. The van der Waals surface area contributed by atoms with Crippen LogP contribution < -0.4 is 4.74 Å². The molecular weight excluding hydrogens is 294 g/mol. The number of hydrogen-bond donors (Lipinski definition) is 0. The molecule has 2 aromatic carbocycles. The molecule has 0 saturated carbocycles. The zero-order valence-electron chi connectivity index (χ0n) is 12.9. The minimum atomic E-state index is -0.466. The molecule has 0 aliphatic carbocycles. The van der Waals surface area contributed by atoms with Crippen LogP contribution in [0.2, 0.25) is 0 Å². The van der Waals surface area contributed by atoms with Gasteiger partial charge in [-0.3, -0.25) is 14.9 Å². The number of benzene rings is 2. The van der Waals surface area contributed by atoms with Gasteiger partial charge in [0.25, 0.3) is 5.69 Å². The summed E-state index contributed by atoms with van der Waals surface area (Å²) in [4.78, 5) is 22.4. The first-order chi connectivity index (χ1) is 11.0. The van der Waals surface area contributed by atoms with Crippen LogP contribution in [0.5, 0.6) is 5.75 Å². The van der Waals surface area contributed by atoms with Crippen molar-refractivity contribution in [3.8, 4) is 5.75 Å². The first kappa shape index (κ1) is 16.4. The SMILES string of the molecule is CC(C)Oc1ccc(C(=O)/C=C/c2cccc([N+](=O)[O-])c2)cc1. The van der Waals surface area contributed by atoms with Crippen LogP contribution in [0, 0.1) is 10.1 Å². The maximum Gasteiger partial charge on any atom is 0.270 e. The Hall–Kier alpha value is -2.95. The number of hydrogen-bond acceptors (Lipinski definition) is 4. The molecule has 118 valence electrons. The third kappa shape index (κ3) is 4.78. The Kier molecular flexibility index (Phi) is 5.25. The van der Waals surface area contributed by atoms with Crippen molar-refractivity contribution in [3.63, 3.8) is 0 Å². The molecule has 0 unspecified atom stereocenters. The topological polar surface area (TPSA) is 69.4 Å². The lowest BCUT2D eigenvalue weighted by Gasteiger charge is -2.09. The minimum absolute atomic E-state index is 0.00483. The van der Waals surface area contributed by atoms with E-state index >= 15 is 0 Å². The Morgan fingerprint density at radius 3 is 2.48 bits per heavy atom. The monoisotopic (exact) mass is 311 g/mol. The van der Waals surface area contributed by atoms with E-state index in [0.29, 0.717) is 16.9 Å². The van der Waals surface area contributed by atoms with E-state index < -0.39 is 4.92 Å². The van der Waals surface area contributed by atoms with Crippen LogP contribution in [0.4, 0.5) is 5.69 Å². The lowest BCUT2D eigenvalue weighted by Crippen LogP contribution is -2.05. The fraction of sp³-hybridized carbons (Fsp3) is 0.167. The highest BCUT2D eigenvalue weighted by Crippen LogP contribution is 2.16. The van der Waals surface area contributed by atoms with Crippen molar-refractivity contribution in [1.29, 1.82) is 0 Å². The van der Waals surface area contributed by atoms with Gasteiger partial charge in [0.15, 0.2) is 5.78 Å². The van der Waals surface area contributed by atoms with E-state index in [-0.39, 0.29) is 17.6 Å². The molecule has 0 saturated heterocycles. The van der Waals surface area contributed by atoms with Crippen molar-refractivity contribution in [2.24, 2.45) is 0 Å². The molecule has 0 aromatic heterocycles. The number of nitro benzene ring substituents is 1. The maximum absolute atomic E-state index is 12.1. The first-order valence-electron chi connectivity index (χ1n) is 7.19. The predicted octanol–water partition coefficient (Wildman–Crippen LogP) is 4.28. The summed E-state index contributed by atoms with van der Waals surface area (Å²) in [6, 6.07) is 13.0. The molecule has 0 aliphatic rings. The Labute approximate surface area is 134 Å². The predicted molar refractivity (Wildman–Crippen MR) is 88.7 cm³/mol. The van der Waals surface area contributed by atoms with Crippen LogP contribution in [0.3, 0.4) is 0 Å². The molecule has 0 fully saturated rings. The zero-order valence-corrected chi connectivity index (χ0v) is 12.9. The largest absolute Gasteiger partial charge is 0.491 e. The van der Waals surface area contributed by atoms with Gasteiger partial charge < -0.3 is 4.74 Å². The summed E-state index contributed by atoms with van der Waals surface area (Å²) in [5.41, 5.74) is 1.13. The van der Waals surface area contributed by atoms with Gasteiger partial charge in [-0.2, -0.15) is 0 Å². The number of ketones is 1. The molecule has 5 heteroatoms. The van der Waals surface area contributed by atoms with E-state index in [0.717, 1.165) is 0 Å². The van der Waals surface area contributed by atoms with Crippen molar-refractivity contribution in [3.05, 3.63) is 75.8 Å². The molecule has 0 bridgehead atoms. The highest BCUT2D eigenvalue weighted by Gasteiger charge is 2.06. The molecule has 2 aromatic rings. The van der Waals surface area contributed by atoms with Gasteiger partial charge in [0.1, 0.15) is 5.75 Å². The van der Waals surface area contributed by atoms with Crippen molar-refractivity contribution in [2.45, 2.75) is 20.0 Å². The summed E-state index contributed by atoms with van der Waals surface area (Å²) in [7, 11) is 0. The third-order valence-corrected chi connectivity index (χ3v) is 3.02. The highest BCUT2D eigenvalue weighted by atomic mass is 16.6. The molecule has 5 nitrogen and oxygen atoms in total. The lowest BCUT2D eigenvalue weighted by atomic mass is 10.1. The number of rotatable bonds is 6. The van der Waals surface area contributed by atoms with Crippen LogP contribution in [0.1, 0.15) is 29.8 Å². The van der Waals surface area contributed by atoms with Gasteiger partial charge in [0.2, 0.25) is 0 Å². The Morgan fingerprint density at radius 1 is 1.17 bits per heavy atom.